The van der Waals surface area contributed by atoms with Crippen LogP contribution < -0.4 is 9.80 Å². The molecule has 2 heterocycles. The molecule has 0 saturated heterocycles. The van der Waals surface area contributed by atoms with E-state index in [1.54, 1.807) is 0 Å². The predicted molar refractivity (Wildman–Crippen MR) is 340 cm³/mol. The van der Waals surface area contributed by atoms with E-state index < -0.39 is 5.41 Å². The third-order valence-corrected chi connectivity index (χ3v) is 17.2. The lowest BCUT2D eigenvalue weighted by Crippen LogP contribution is -2.29. The largest absolute Gasteiger partial charge is 0.456 e. The van der Waals surface area contributed by atoms with Crippen molar-refractivity contribution >= 4 is 99.5 Å². The Hall–Kier alpha value is -9.64. The van der Waals surface area contributed by atoms with Gasteiger partial charge in [-0.3, -0.25) is 0 Å². The quantitative estimate of drug-likeness (QED) is 0.142. The fourth-order valence-electron chi connectivity index (χ4n) is 13.4. The van der Waals surface area contributed by atoms with Crippen molar-refractivity contribution in [1.29, 1.82) is 0 Å². The van der Waals surface area contributed by atoms with Crippen LogP contribution in [0, 0.1) is 0 Å². The van der Waals surface area contributed by atoms with Gasteiger partial charge >= 0.3 is 0 Å². The summed E-state index contributed by atoms with van der Waals surface area (Å²) in [6.07, 6.45) is 0. The van der Waals surface area contributed by atoms with Crippen LogP contribution in [0.4, 0.5) is 34.1 Å². The van der Waals surface area contributed by atoms with E-state index in [1.807, 2.05) is 0 Å². The van der Waals surface area contributed by atoms with Crippen LogP contribution in [0.3, 0.4) is 0 Å². The number of rotatable bonds is 8. The first kappa shape index (κ1) is 48.5. The summed E-state index contributed by atoms with van der Waals surface area (Å²) < 4.78 is 13.2. The van der Waals surface area contributed by atoms with E-state index in [4.69, 9.17) is 8.83 Å². The second-order valence-electron chi connectivity index (χ2n) is 24.0. The lowest BCUT2D eigenvalue weighted by atomic mass is 9.66. The summed E-state index contributed by atoms with van der Waals surface area (Å²) in [7, 11) is 0. The van der Waals surface area contributed by atoms with Crippen molar-refractivity contribution in [3.63, 3.8) is 0 Å². The zero-order valence-corrected chi connectivity index (χ0v) is 46.5. The average molecular weight is 1050 g/mol. The van der Waals surface area contributed by atoms with E-state index in [1.165, 1.54) is 66.1 Å². The van der Waals surface area contributed by atoms with E-state index >= 15 is 0 Å². The summed E-state index contributed by atoms with van der Waals surface area (Å²) in [6.45, 7) is 13.7. The van der Waals surface area contributed by atoms with Gasteiger partial charge in [0.2, 0.25) is 0 Å². The first-order valence-corrected chi connectivity index (χ1v) is 28.3. The lowest BCUT2D eigenvalue weighted by Gasteiger charge is -2.36. The monoisotopic (exact) mass is 1040 g/mol. The van der Waals surface area contributed by atoms with E-state index in [-0.39, 0.29) is 10.8 Å². The molecule has 0 bridgehead atoms. The lowest BCUT2D eigenvalue weighted by molar-refractivity contribution is 0.590. The maximum Gasteiger partial charge on any atom is 0.137 e. The number of para-hydroxylation sites is 2. The van der Waals surface area contributed by atoms with E-state index in [2.05, 4.69) is 306 Å². The predicted octanol–water partition coefficient (Wildman–Crippen LogP) is 21.7. The highest BCUT2D eigenvalue weighted by Crippen LogP contribution is 2.62. The Kier molecular flexibility index (Phi) is 10.9. The van der Waals surface area contributed by atoms with Crippen LogP contribution >= 0.6 is 0 Å². The standard InChI is InChI=1S/C77H60N2O2/c1-75(2,3)49-35-39-53(40-36-49)78(65-29-19-33-69-72(65)61-27-15-17-31-67(61)80-69)55-43-45-59-63(47-55)57-25-13-14-26-58(57)71-60-46-44-56(48-64(60)77(74(59)71,51-21-9-7-10-22-51)52-23-11-8-12-24-52)79(54-41-37-50(38-42-54)76(4,5)6)66-30-20-34-70-73(66)62-28-16-18-32-68(62)81-70/h7-48H,1-6H3. The molecule has 0 spiro atoms. The normalized spacial score (nSPS) is 13.2. The van der Waals surface area contributed by atoms with Gasteiger partial charge in [0.1, 0.15) is 22.3 Å². The van der Waals surface area contributed by atoms with Crippen molar-refractivity contribution in [2.75, 3.05) is 9.80 Å². The van der Waals surface area contributed by atoms with Crippen molar-refractivity contribution < 1.29 is 8.83 Å². The van der Waals surface area contributed by atoms with E-state index in [0.717, 1.165) is 78.0 Å². The number of furan rings is 2. The van der Waals surface area contributed by atoms with Crippen LogP contribution in [-0.2, 0) is 16.2 Å². The first-order valence-electron chi connectivity index (χ1n) is 28.3. The van der Waals surface area contributed by atoms with Crippen LogP contribution in [0.2, 0.25) is 0 Å². The number of anilines is 6. The summed E-state index contributed by atoms with van der Waals surface area (Å²) in [5.74, 6) is 0. The van der Waals surface area contributed by atoms with Gasteiger partial charge in [0.25, 0.3) is 0 Å². The summed E-state index contributed by atoms with van der Waals surface area (Å²) in [6, 6.07) is 94.1. The molecular weight excluding hydrogens is 985 g/mol. The maximum absolute atomic E-state index is 6.61. The molecule has 0 unspecified atom stereocenters. The Labute approximate surface area is 472 Å². The first-order chi connectivity index (χ1) is 39.4. The van der Waals surface area contributed by atoms with Gasteiger partial charge in [-0.05, 0) is 162 Å². The molecular formula is C77H60N2O2. The van der Waals surface area contributed by atoms with Crippen molar-refractivity contribution in [2.45, 2.75) is 57.8 Å². The minimum Gasteiger partial charge on any atom is -0.456 e. The van der Waals surface area contributed by atoms with Crippen LogP contribution in [0.15, 0.2) is 264 Å². The number of nitrogens with zero attached hydrogens (tertiary/aromatic N) is 2. The number of hydrogen-bond acceptors (Lipinski definition) is 4. The number of benzene rings is 12. The zero-order valence-electron chi connectivity index (χ0n) is 46.5. The zero-order chi connectivity index (χ0) is 54.8. The van der Waals surface area contributed by atoms with Crippen molar-refractivity contribution in [1.82, 2.24) is 0 Å². The molecule has 0 amide bonds. The fourth-order valence-corrected chi connectivity index (χ4v) is 13.4. The molecule has 390 valence electrons. The maximum atomic E-state index is 6.61. The smallest absolute Gasteiger partial charge is 0.137 e. The molecule has 0 aliphatic heterocycles. The number of fused-ring (bicyclic) bond motifs is 14. The van der Waals surface area contributed by atoms with Crippen LogP contribution in [0.25, 0.3) is 76.5 Å². The molecule has 0 fully saturated rings. The van der Waals surface area contributed by atoms with Crippen molar-refractivity contribution in [2.24, 2.45) is 0 Å². The minimum atomic E-state index is -0.757. The summed E-state index contributed by atoms with van der Waals surface area (Å²) in [4.78, 5) is 4.89. The van der Waals surface area contributed by atoms with Gasteiger partial charge < -0.3 is 18.6 Å². The molecule has 1 aliphatic carbocycles. The molecule has 4 heteroatoms. The molecule has 1 aliphatic rings. The highest BCUT2D eigenvalue weighted by Gasteiger charge is 2.48. The molecule has 4 nitrogen and oxygen atoms in total. The molecule has 0 radical (unpaired) electrons. The highest BCUT2D eigenvalue weighted by molar-refractivity contribution is 6.21. The Bertz CT molecular complexity index is 4730. The second-order valence-corrected chi connectivity index (χ2v) is 24.0. The summed E-state index contributed by atoms with van der Waals surface area (Å²) >= 11 is 0. The summed E-state index contributed by atoms with van der Waals surface area (Å²) in [5.41, 5.74) is 19.0. The topological polar surface area (TPSA) is 32.8 Å². The third-order valence-electron chi connectivity index (χ3n) is 17.2. The second kappa shape index (κ2) is 18.2. The molecule has 12 aromatic carbocycles. The van der Waals surface area contributed by atoms with Gasteiger partial charge in [-0.2, -0.15) is 0 Å². The highest BCUT2D eigenvalue weighted by atomic mass is 16.3. The van der Waals surface area contributed by atoms with Gasteiger partial charge in [-0.15, -0.1) is 0 Å². The van der Waals surface area contributed by atoms with Gasteiger partial charge in [0.15, 0.2) is 0 Å². The van der Waals surface area contributed by atoms with Crippen molar-refractivity contribution in [3.05, 3.63) is 288 Å². The van der Waals surface area contributed by atoms with Crippen LogP contribution in [-0.4, -0.2) is 0 Å². The average Bonchev–Trinajstić information content (AvgIpc) is 2.83. The van der Waals surface area contributed by atoms with Crippen LogP contribution in [0.1, 0.15) is 74.9 Å². The molecule has 0 atom stereocenters. The Morgan fingerprint density at radius 1 is 0.321 bits per heavy atom. The van der Waals surface area contributed by atoms with Gasteiger partial charge in [-0.25, -0.2) is 0 Å². The molecule has 0 saturated carbocycles. The Morgan fingerprint density at radius 3 is 1.25 bits per heavy atom. The molecule has 14 aromatic rings. The van der Waals surface area contributed by atoms with Gasteiger partial charge in [-0.1, -0.05) is 211 Å². The molecule has 2 aromatic heterocycles. The Balaban J connectivity index is 1.02. The fraction of sp³-hybridized carbons (Fsp3) is 0.117. The number of hydrogen-bond donors (Lipinski definition) is 0. The Morgan fingerprint density at radius 2 is 0.741 bits per heavy atom. The van der Waals surface area contributed by atoms with E-state index in [9.17, 15) is 0 Å². The van der Waals surface area contributed by atoms with E-state index in [0.29, 0.717) is 0 Å². The van der Waals surface area contributed by atoms with Gasteiger partial charge in [0.05, 0.1) is 27.6 Å². The minimum absolute atomic E-state index is 0.00649. The summed E-state index contributed by atoms with van der Waals surface area (Å²) in [5, 5.41) is 9.15. The van der Waals surface area contributed by atoms with Crippen molar-refractivity contribution in [3.8, 4) is 11.1 Å². The third kappa shape index (κ3) is 7.50. The van der Waals surface area contributed by atoms with Gasteiger partial charge in [0, 0.05) is 33.5 Å². The molecule has 0 N–H and O–H groups in total. The van der Waals surface area contributed by atoms with Crippen LogP contribution in [0.5, 0.6) is 0 Å². The SMILES string of the molecule is CC(C)(C)c1ccc(N(c2ccc3c(c2)C(c2ccccc2)(c2ccccc2)c2c-3c3ccccc3c3cc(N(c4ccc(C(C)(C)C)cc4)c4cccc5oc6ccccc6c45)ccc23)c2cccc3oc4ccccc4c23)cc1. The molecule has 15 rings (SSSR count). The molecule has 81 heavy (non-hydrogen) atoms.